The standard InChI is InChI=1S/C19H26N6O2/c1-10(2)23-17-14(8-20)13(7-16(21-5)25-17)18(26)22-9-15-11(3)6-12(4)24-19(15)27/h6-8,10,20H,9H2,1-5H3,(H,22,26)(H,24,27)(H2,21,23,25). The molecule has 27 heavy (non-hydrogen) atoms. The van der Waals surface area contributed by atoms with Gasteiger partial charge in [0.15, 0.2) is 0 Å². The summed E-state index contributed by atoms with van der Waals surface area (Å²) in [7, 11) is 1.71. The number of H-pyrrole nitrogens is 1. The number of carbonyl (C=O) groups is 1. The highest BCUT2D eigenvalue weighted by Crippen LogP contribution is 2.21. The van der Waals surface area contributed by atoms with Crippen molar-refractivity contribution in [1.29, 1.82) is 5.41 Å². The first-order valence-electron chi connectivity index (χ1n) is 8.74. The molecule has 2 aromatic rings. The number of carbonyl (C=O) groups excluding carboxylic acids is 1. The minimum Gasteiger partial charge on any atom is -0.373 e. The third-order valence-electron chi connectivity index (χ3n) is 4.05. The number of pyridine rings is 2. The van der Waals surface area contributed by atoms with Crippen LogP contribution in [0.4, 0.5) is 11.6 Å². The van der Waals surface area contributed by atoms with Crippen molar-refractivity contribution in [3.63, 3.8) is 0 Å². The second-order valence-electron chi connectivity index (χ2n) is 6.64. The quantitative estimate of drug-likeness (QED) is 0.478. The molecule has 0 bridgehead atoms. The topological polar surface area (TPSA) is 123 Å². The summed E-state index contributed by atoms with van der Waals surface area (Å²) in [6.07, 6.45) is 1.11. The van der Waals surface area contributed by atoms with E-state index in [0.29, 0.717) is 28.3 Å². The molecule has 0 saturated heterocycles. The number of nitrogens with one attached hydrogen (secondary N) is 5. The number of hydrogen-bond donors (Lipinski definition) is 5. The van der Waals surface area contributed by atoms with Crippen molar-refractivity contribution in [3.8, 4) is 0 Å². The second kappa shape index (κ2) is 8.48. The van der Waals surface area contributed by atoms with E-state index < -0.39 is 0 Å². The van der Waals surface area contributed by atoms with Crippen LogP contribution in [0.5, 0.6) is 0 Å². The van der Waals surface area contributed by atoms with Crippen LogP contribution in [0.15, 0.2) is 16.9 Å². The number of rotatable bonds is 7. The predicted octanol–water partition coefficient (Wildman–Crippen LogP) is 2.18. The van der Waals surface area contributed by atoms with E-state index in [-0.39, 0.29) is 24.1 Å². The van der Waals surface area contributed by atoms with E-state index >= 15 is 0 Å². The first kappa shape index (κ1) is 20.2. The monoisotopic (exact) mass is 370 g/mol. The molecule has 0 aliphatic carbocycles. The van der Waals surface area contributed by atoms with Crippen LogP contribution in [0.3, 0.4) is 0 Å². The van der Waals surface area contributed by atoms with Gasteiger partial charge < -0.3 is 26.3 Å². The van der Waals surface area contributed by atoms with Crippen molar-refractivity contribution >= 4 is 23.8 Å². The fourth-order valence-electron chi connectivity index (χ4n) is 2.77. The van der Waals surface area contributed by atoms with E-state index in [1.807, 2.05) is 33.8 Å². The molecular formula is C19H26N6O2. The molecule has 0 aliphatic heterocycles. The molecular weight excluding hydrogens is 344 g/mol. The zero-order valence-electron chi connectivity index (χ0n) is 16.3. The number of aromatic nitrogens is 2. The average molecular weight is 370 g/mol. The van der Waals surface area contributed by atoms with Crippen LogP contribution in [0.25, 0.3) is 0 Å². The zero-order chi connectivity index (χ0) is 20.1. The Bertz CT molecular complexity index is 917. The smallest absolute Gasteiger partial charge is 0.253 e. The lowest BCUT2D eigenvalue weighted by molar-refractivity contribution is 0.0950. The van der Waals surface area contributed by atoms with Gasteiger partial charge in [-0.2, -0.15) is 0 Å². The molecule has 0 saturated carbocycles. The summed E-state index contributed by atoms with van der Waals surface area (Å²) in [5.41, 5.74) is 2.59. The largest absolute Gasteiger partial charge is 0.373 e. The maximum Gasteiger partial charge on any atom is 0.253 e. The Kier molecular flexibility index (Phi) is 6.33. The van der Waals surface area contributed by atoms with Gasteiger partial charge in [0.2, 0.25) is 0 Å². The Hall–Kier alpha value is -3.16. The van der Waals surface area contributed by atoms with Crippen molar-refractivity contribution < 1.29 is 4.79 Å². The van der Waals surface area contributed by atoms with Crippen molar-refractivity contribution in [1.82, 2.24) is 15.3 Å². The van der Waals surface area contributed by atoms with E-state index in [1.54, 1.807) is 13.1 Å². The Labute approximate surface area is 158 Å². The molecule has 0 unspecified atom stereocenters. The van der Waals surface area contributed by atoms with Crippen molar-refractivity contribution in [2.75, 3.05) is 17.7 Å². The van der Waals surface area contributed by atoms with Crippen LogP contribution in [-0.4, -0.2) is 35.2 Å². The highest BCUT2D eigenvalue weighted by Gasteiger charge is 2.18. The molecule has 0 spiro atoms. The average Bonchev–Trinajstić information content (AvgIpc) is 2.59. The van der Waals surface area contributed by atoms with Crippen LogP contribution in [0.1, 0.15) is 46.6 Å². The SMILES string of the molecule is CNc1cc(C(=O)NCc2c(C)cc(C)[nH]c2=O)c(C=N)c(NC(C)C)n1. The van der Waals surface area contributed by atoms with E-state index in [4.69, 9.17) is 5.41 Å². The molecule has 0 aliphatic rings. The number of anilines is 2. The summed E-state index contributed by atoms with van der Waals surface area (Å²) < 4.78 is 0. The van der Waals surface area contributed by atoms with Gasteiger partial charge in [0, 0.05) is 42.7 Å². The number of aromatic amines is 1. The second-order valence-corrected chi connectivity index (χ2v) is 6.64. The number of aryl methyl sites for hydroxylation is 2. The first-order chi connectivity index (χ1) is 12.8. The summed E-state index contributed by atoms with van der Waals surface area (Å²) >= 11 is 0. The molecule has 1 amide bonds. The van der Waals surface area contributed by atoms with Crippen LogP contribution in [-0.2, 0) is 6.54 Å². The fraction of sp³-hybridized carbons (Fsp3) is 0.368. The maximum absolute atomic E-state index is 12.8. The van der Waals surface area contributed by atoms with Crippen molar-refractivity contribution in [3.05, 3.63) is 50.4 Å². The van der Waals surface area contributed by atoms with Gasteiger partial charge in [0.1, 0.15) is 11.6 Å². The molecule has 0 fully saturated rings. The fourth-order valence-corrected chi connectivity index (χ4v) is 2.77. The summed E-state index contributed by atoms with van der Waals surface area (Å²) in [5, 5.41) is 16.6. The molecule has 2 aromatic heterocycles. The summed E-state index contributed by atoms with van der Waals surface area (Å²) in [6, 6.07) is 3.54. The van der Waals surface area contributed by atoms with Gasteiger partial charge in [0.25, 0.3) is 11.5 Å². The molecule has 0 radical (unpaired) electrons. The van der Waals surface area contributed by atoms with Crippen LogP contribution in [0.2, 0.25) is 0 Å². The molecule has 5 N–H and O–H groups in total. The molecule has 8 nitrogen and oxygen atoms in total. The highest BCUT2D eigenvalue weighted by atomic mass is 16.1. The highest BCUT2D eigenvalue weighted by molar-refractivity contribution is 6.05. The number of amides is 1. The Morgan fingerprint density at radius 3 is 2.59 bits per heavy atom. The van der Waals surface area contributed by atoms with E-state index in [0.717, 1.165) is 17.5 Å². The van der Waals surface area contributed by atoms with Gasteiger partial charge in [-0.15, -0.1) is 0 Å². The zero-order valence-corrected chi connectivity index (χ0v) is 16.3. The normalized spacial score (nSPS) is 10.6. The first-order valence-corrected chi connectivity index (χ1v) is 8.74. The molecule has 2 rings (SSSR count). The van der Waals surface area contributed by atoms with Gasteiger partial charge in [-0.3, -0.25) is 9.59 Å². The van der Waals surface area contributed by atoms with Gasteiger partial charge >= 0.3 is 0 Å². The Morgan fingerprint density at radius 2 is 2.04 bits per heavy atom. The van der Waals surface area contributed by atoms with Gasteiger partial charge in [-0.1, -0.05) is 0 Å². The molecule has 144 valence electrons. The lowest BCUT2D eigenvalue weighted by atomic mass is 10.1. The van der Waals surface area contributed by atoms with Crippen LogP contribution < -0.4 is 21.5 Å². The Balaban J connectivity index is 2.35. The van der Waals surface area contributed by atoms with Crippen molar-refractivity contribution in [2.24, 2.45) is 0 Å². The third kappa shape index (κ3) is 4.72. The molecule has 0 aromatic carbocycles. The summed E-state index contributed by atoms with van der Waals surface area (Å²) in [5.74, 6) is 0.596. The molecule has 0 atom stereocenters. The van der Waals surface area contributed by atoms with Gasteiger partial charge in [0.05, 0.1) is 5.56 Å². The molecule has 8 heteroatoms. The minimum atomic E-state index is -0.376. The van der Waals surface area contributed by atoms with E-state index in [2.05, 4.69) is 25.9 Å². The molecule has 2 heterocycles. The Morgan fingerprint density at radius 1 is 1.33 bits per heavy atom. The number of nitrogens with zero attached hydrogens (tertiary/aromatic N) is 1. The lowest BCUT2D eigenvalue weighted by Gasteiger charge is -2.16. The maximum atomic E-state index is 12.8. The lowest BCUT2D eigenvalue weighted by Crippen LogP contribution is -2.29. The van der Waals surface area contributed by atoms with E-state index in [1.165, 1.54) is 0 Å². The van der Waals surface area contributed by atoms with Crippen LogP contribution >= 0.6 is 0 Å². The predicted molar refractivity (Wildman–Crippen MR) is 108 cm³/mol. The number of hydrogen-bond acceptors (Lipinski definition) is 6. The summed E-state index contributed by atoms with van der Waals surface area (Å²) in [6.45, 7) is 7.65. The summed E-state index contributed by atoms with van der Waals surface area (Å²) in [4.78, 5) is 32.1. The third-order valence-corrected chi connectivity index (χ3v) is 4.05. The van der Waals surface area contributed by atoms with Crippen LogP contribution in [0, 0.1) is 19.3 Å². The van der Waals surface area contributed by atoms with Gasteiger partial charge in [-0.05, 0) is 45.4 Å². The van der Waals surface area contributed by atoms with E-state index in [9.17, 15) is 9.59 Å². The van der Waals surface area contributed by atoms with Gasteiger partial charge in [-0.25, -0.2) is 4.98 Å². The van der Waals surface area contributed by atoms with Crippen molar-refractivity contribution in [2.45, 2.75) is 40.3 Å². The minimum absolute atomic E-state index is 0.0907.